The maximum atomic E-state index is 11.0. The molecule has 2 N–H and O–H groups in total. The highest BCUT2D eigenvalue weighted by Gasteiger charge is 2.18. The summed E-state index contributed by atoms with van der Waals surface area (Å²) in [7, 11) is 1.56. The number of unbranched alkanes of at least 4 members (excludes halogenated alkanes) is 1. The molecule has 0 saturated carbocycles. The standard InChI is InChI=1S/C10H17N3O3S/c1-3-4-5-7(9(14)15)11-10-12-8(6-16-2)13-17-10/h7H,3-6H2,1-2H3,(H,14,15)(H,11,12,13)/t7-/m0/s1. The highest BCUT2D eigenvalue weighted by Crippen LogP contribution is 2.15. The lowest BCUT2D eigenvalue weighted by molar-refractivity contribution is -0.138. The van der Waals surface area contributed by atoms with Crippen molar-refractivity contribution in [1.29, 1.82) is 0 Å². The summed E-state index contributed by atoms with van der Waals surface area (Å²) < 4.78 is 8.94. The van der Waals surface area contributed by atoms with Gasteiger partial charge in [0.2, 0.25) is 5.13 Å². The van der Waals surface area contributed by atoms with Gasteiger partial charge in [0.05, 0.1) is 0 Å². The summed E-state index contributed by atoms with van der Waals surface area (Å²) in [5, 5.41) is 12.5. The first kappa shape index (κ1) is 13.9. The minimum Gasteiger partial charge on any atom is -0.480 e. The van der Waals surface area contributed by atoms with Crippen LogP contribution in [-0.2, 0) is 16.1 Å². The van der Waals surface area contributed by atoms with Crippen molar-refractivity contribution in [2.24, 2.45) is 0 Å². The molecule has 0 saturated heterocycles. The number of carboxylic acid groups (broad SMARTS) is 1. The fourth-order valence-corrected chi connectivity index (χ4v) is 1.94. The second kappa shape index (κ2) is 7.18. The smallest absolute Gasteiger partial charge is 0.326 e. The van der Waals surface area contributed by atoms with Crippen LogP contribution in [0.1, 0.15) is 32.0 Å². The molecule has 0 aromatic carbocycles. The molecule has 0 aliphatic heterocycles. The average Bonchev–Trinajstić information content (AvgIpc) is 2.72. The van der Waals surface area contributed by atoms with E-state index >= 15 is 0 Å². The van der Waals surface area contributed by atoms with Crippen molar-refractivity contribution in [2.75, 3.05) is 12.4 Å². The molecule has 6 nitrogen and oxygen atoms in total. The number of hydrogen-bond acceptors (Lipinski definition) is 6. The van der Waals surface area contributed by atoms with E-state index in [0.717, 1.165) is 24.4 Å². The zero-order chi connectivity index (χ0) is 12.7. The molecule has 0 fully saturated rings. The molecule has 0 aliphatic rings. The Bertz CT molecular complexity index is 356. The zero-order valence-corrected chi connectivity index (χ0v) is 10.8. The Balaban J connectivity index is 2.55. The third-order valence-electron chi connectivity index (χ3n) is 2.18. The largest absolute Gasteiger partial charge is 0.480 e. The summed E-state index contributed by atoms with van der Waals surface area (Å²) in [5.74, 6) is -0.290. The van der Waals surface area contributed by atoms with Gasteiger partial charge in [0.25, 0.3) is 0 Å². The van der Waals surface area contributed by atoms with Gasteiger partial charge in [-0.2, -0.15) is 4.37 Å². The van der Waals surface area contributed by atoms with Crippen LogP contribution in [0.5, 0.6) is 0 Å². The predicted octanol–water partition coefficient (Wildman–Crippen LogP) is 1.74. The van der Waals surface area contributed by atoms with E-state index in [9.17, 15) is 4.79 Å². The number of hydrogen-bond donors (Lipinski definition) is 2. The summed E-state index contributed by atoms with van der Waals surface area (Å²) in [6.07, 6.45) is 2.43. The molecule has 1 aromatic rings. The lowest BCUT2D eigenvalue weighted by atomic mass is 10.1. The van der Waals surface area contributed by atoms with Gasteiger partial charge in [0, 0.05) is 18.6 Å². The van der Waals surface area contributed by atoms with Crippen molar-refractivity contribution in [3.63, 3.8) is 0 Å². The number of carbonyl (C=O) groups is 1. The van der Waals surface area contributed by atoms with Crippen molar-refractivity contribution in [1.82, 2.24) is 9.36 Å². The van der Waals surface area contributed by atoms with Crippen LogP contribution in [0.3, 0.4) is 0 Å². The quantitative estimate of drug-likeness (QED) is 0.739. The molecule has 0 aliphatic carbocycles. The predicted molar refractivity (Wildman–Crippen MR) is 65.2 cm³/mol. The Labute approximate surface area is 104 Å². The molecule has 96 valence electrons. The van der Waals surface area contributed by atoms with Gasteiger partial charge in [-0.05, 0) is 6.42 Å². The van der Waals surface area contributed by atoms with Crippen molar-refractivity contribution in [3.05, 3.63) is 5.82 Å². The average molecular weight is 259 g/mol. The van der Waals surface area contributed by atoms with Crippen LogP contribution in [0.15, 0.2) is 0 Å². The number of anilines is 1. The van der Waals surface area contributed by atoms with Crippen LogP contribution in [0.4, 0.5) is 5.13 Å². The molecule has 0 spiro atoms. The lowest BCUT2D eigenvalue weighted by Crippen LogP contribution is -2.29. The third kappa shape index (κ3) is 4.66. The summed E-state index contributed by atoms with van der Waals surface area (Å²) in [6, 6.07) is -0.599. The molecule has 17 heavy (non-hydrogen) atoms. The number of ether oxygens (including phenoxy) is 1. The van der Waals surface area contributed by atoms with Crippen molar-refractivity contribution in [2.45, 2.75) is 38.8 Å². The van der Waals surface area contributed by atoms with Crippen LogP contribution >= 0.6 is 11.5 Å². The summed E-state index contributed by atoms with van der Waals surface area (Å²) >= 11 is 1.15. The fraction of sp³-hybridized carbons (Fsp3) is 0.700. The normalized spacial score (nSPS) is 12.4. The Morgan fingerprint density at radius 1 is 1.65 bits per heavy atom. The first-order valence-electron chi connectivity index (χ1n) is 5.48. The molecule has 0 bridgehead atoms. The van der Waals surface area contributed by atoms with Gasteiger partial charge in [0.1, 0.15) is 12.6 Å². The lowest BCUT2D eigenvalue weighted by Gasteiger charge is -2.12. The number of rotatable bonds is 8. The van der Waals surface area contributed by atoms with E-state index < -0.39 is 12.0 Å². The number of nitrogens with zero attached hydrogens (tertiary/aromatic N) is 2. The minimum absolute atomic E-state index is 0.338. The third-order valence-corrected chi connectivity index (χ3v) is 2.87. The van der Waals surface area contributed by atoms with Crippen LogP contribution in [0.2, 0.25) is 0 Å². The Hall–Kier alpha value is -1.21. The summed E-state index contributed by atoms with van der Waals surface area (Å²) in [5.41, 5.74) is 0. The van der Waals surface area contributed by atoms with Crippen molar-refractivity contribution in [3.8, 4) is 0 Å². The van der Waals surface area contributed by atoms with Gasteiger partial charge < -0.3 is 15.2 Å². The van der Waals surface area contributed by atoms with E-state index in [2.05, 4.69) is 14.7 Å². The highest BCUT2D eigenvalue weighted by atomic mass is 32.1. The van der Waals surface area contributed by atoms with Crippen LogP contribution in [-0.4, -0.2) is 33.6 Å². The Kier molecular flexibility index (Phi) is 5.85. The van der Waals surface area contributed by atoms with Gasteiger partial charge in [-0.3, -0.25) is 0 Å². The summed E-state index contributed by atoms with van der Waals surface area (Å²) in [4.78, 5) is 15.1. The maximum Gasteiger partial charge on any atom is 0.326 e. The van der Waals surface area contributed by atoms with Gasteiger partial charge in [-0.25, -0.2) is 9.78 Å². The number of aromatic nitrogens is 2. The van der Waals surface area contributed by atoms with E-state index in [4.69, 9.17) is 9.84 Å². The highest BCUT2D eigenvalue weighted by molar-refractivity contribution is 7.09. The molecule has 0 radical (unpaired) electrons. The van der Waals surface area contributed by atoms with E-state index in [0.29, 0.717) is 24.0 Å². The first-order valence-corrected chi connectivity index (χ1v) is 6.25. The topological polar surface area (TPSA) is 84.3 Å². The molecular formula is C10H17N3O3S. The van der Waals surface area contributed by atoms with E-state index in [1.54, 1.807) is 7.11 Å². The van der Waals surface area contributed by atoms with Crippen LogP contribution < -0.4 is 5.32 Å². The van der Waals surface area contributed by atoms with Crippen LogP contribution in [0.25, 0.3) is 0 Å². The monoisotopic (exact) mass is 259 g/mol. The van der Waals surface area contributed by atoms with E-state index in [1.165, 1.54) is 0 Å². The van der Waals surface area contributed by atoms with Gasteiger partial charge in [-0.15, -0.1) is 0 Å². The zero-order valence-electron chi connectivity index (χ0n) is 9.97. The summed E-state index contributed by atoms with van der Waals surface area (Å²) in [6.45, 7) is 2.37. The molecule has 1 rings (SSSR count). The van der Waals surface area contributed by atoms with Gasteiger partial charge in [-0.1, -0.05) is 19.8 Å². The molecular weight excluding hydrogens is 242 g/mol. The number of aliphatic carboxylic acids is 1. The van der Waals surface area contributed by atoms with Crippen molar-refractivity contribution < 1.29 is 14.6 Å². The minimum atomic E-state index is -0.859. The number of carboxylic acids is 1. The molecule has 0 unspecified atom stereocenters. The molecule has 1 aromatic heterocycles. The fourth-order valence-electron chi connectivity index (χ4n) is 1.31. The SMILES string of the molecule is CCCC[C@H](Nc1nc(COC)ns1)C(=O)O. The molecule has 1 heterocycles. The van der Waals surface area contributed by atoms with Crippen LogP contribution in [0, 0.1) is 0 Å². The maximum absolute atomic E-state index is 11.0. The first-order chi connectivity index (χ1) is 8.17. The van der Waals surface area contributed by atoms with Gasteiger partial charge in [0.15, 0.2) is 5.82 Å². The van der Waals surface area contributed by atoms with E-state index in [-0.39, 0.29) is 0 Å². The molecule has 0 amide bonds. The Morgan fingerprint density at radius 3 is 3.00 bits per heavy atom. The Morgan fingerprint density at radius 2 is 2.41 bits per heavy atom. The van der Waals surface area contributed by atoms with E-state index in [1.807, 2.05) is 6.92 Å². The number of nitrogens with one attached hydrogen (secondary N) is 1. The molecule has 1 atom stereocenters. The molecule has 7 heteroatoms. The second-order valence-electron chi connectivity index (χ2n) is 3.63. The number of methoxy groups -OCH3 is 1. The van der Waals surface area contributed by atoms with Crippen molar-refractivity contribution >= 4 is 22.6 Å². The van der Waals surface area contributed by atoms with Gasteiger partial charge >= 0.3 is 5.97 Å². The second-order valence-corrected chi connectivity index (χ2v) is 4.38.